The van der Waals surface area contributed by atoms with Crippen LogP contribution in [0.2, 0.25) is 0 Å². The first kappa shape index (κ1) is 21.0. The van der Waals surface area contributed by atoms with E-state index >= 15 is 0 Å². The highest BCUT2D eigenvalue weighted by Gasteiger charge is 2.19. The molecule has 8 heteroatoms. The minimum atomic E-state index is -0.146. The van der Waals surface area contributed by atoms with E-state index in [1.54, 1.807) is 35.4 Å². The van der Waals surface area contributed by atoms with Gasteiger partial charge in [-0.05, 0) is 24.3 Å². The van der Waals surface area contributed by atoms with E-state index in [0.29, 0.717) is 38.8 Å². The summed E-state index contributed by atoms with van der Waals surface area (Å²) in [6, 6.07) is 6.60. The number of hydrogen-bond donors (Lipinski definition) is 2. The van der Waals surface area contributed by atoms with Crippen molar-refractivity contribution in [3.05, 3.63) is 40.5 Å². The van der Waals surface area contributed by atoms with E-state index < -0.39 is 0 Å². The number of aliphatic hydroxyl groups is 1. The van der Waals surface area contributed by atoms with Crippen molar-refractivity contribution in [1.82, 2.24) is 4.90 Å². The summed E-state index contributed by atoms with van der Waals surface area (Å²) in [6.07, 6.45) is 1.70. The van der Waals surface area contributed by atoms with Gasteiger partial charge in [0.05, 0.1) is 33.7 Å². The lowest BCUT2D eigenvalue weighted by molar-refractivity contribution is 0.324. The molecule has 0 fully saturated rings. The monoisotopic (exact) mass is 415 g/mol. The second kappa shape index (κ2) is 8.36. The van der Waals surface area contributed by atoms with Crippen LogP contribution in [-0.2, 0) is 0 Å². The Balaban J connectivity index is 2.46. The Morgan fingerprint density at radius 3 is 2.03 bits per heavy atom. The molecule has 3 aromatic rings. The number of phenolic OH excluding ortho intramolecular Hbond substituents is 1. The minimum Gasteiger partial charge on any atom is -0.507 e. The molecular weight excluding hydrogens is 390 g/mol. The average molecular weight is 415 g/mol. The second-order valence-electron chi connectivity index (χ2n) is 6.69. The number of hydrogen-bond acceptors (Lipinski definition) is 8. The van der Waals surface area contributed by atoms with Crippen LogP contribution in [0.3, 0.4) is 0 Å². The maximum absolute atomic E-state index is 11.2. The van der Waals surface area contributed by atoms with Crippen LogP contribution in [0.15, 0.2) is 28.7 Å². The molecule has 3 rings (SSSR count). The number of fused-ring (bicyclic) bond motifs is 1. The van der Waals surface area contributed by atoms with Gasteiger partial charge in [0, 0.05) is 31.2 Å². The Morgan fingerprint density at radius 2 is 1.53 bits per heavy atom. The van der Waals surface area contributed by atoms with Gasteiger partial charge >= 0.3 is 0 Å². The molecule has 0 bridgehead atoms. The van der Waals surface area contributed by atoms with E-state index in [1.165, 1.54) is 28.4 Å². The summed E-state index contributed by atoms with van der Waals surface area (Å²) in [7, 11) is 9.62. The normalized spacial score (nSPS) is 12.7. The zero-order chi connectivity index (χ0) is 22.0. The summed E-state index contributed by atoms with van der Waals surface area (Å²) in [4.78, 5) is 1.78. The molecule has 0 aliphatic carbocycles. The van der Waals surface area contributed by atoms with Crippen LogP contribution in [0, 0.1) is 0 Å². The number of phenols is 1. The molecule has 0 amide bonds. The van der Waals surface area contributed by atoms with E-state index in [0.717, 1.165) is 0 Å². The molecule has 0 unspecified atom stereocenters. The van der Waals surface area contributed by atoms with Gasteiger partial charge in [-0.2, -0.15) is 0 Å². The lowest BCUT2D eigenvalue weighted by Gasteiger charge is -2.13. The number of ether oxygens (including phenoxy) is 4. The lowest BCUT2D eigenvalue weighted by atomic mass is 10.1. The fraction of sp³-hybridized carbons (Fsp3) is 0.273. The molecule has 2 N–H and O–H groups in total. The van der Waals surface area contributed by atoms with Gasteiger partial charge in [-0.3, -0.25) is 0 Å². The fourth-order valence-electron chi connectivity index (χ4n) is 3.24. The van der Waals surface area contributed by atoms with Gasteiger partial charge in [0.25, 0.3) is 0 Å². The third-order valence-corrected chi connectivity index (χ3v) is 4.59. The number of nitrogens with zero attached hydrogens (tertiary/aromatic N) is 1. The minimum absolute atomic E-state index is 0.0781. The quantitative estimate of drug-likeness (QED) is 0.633. The Kier molecular flexibility index (Phi) is 5.86. The van der Waals surface area contributed by atoms with Crippen LogP contribution in [0.5, 0.6) is 28.7 Å². The summed E-state index contributed by atoms with van der Waals surface area (Å²) in [5.41, 5.74) is 0.997. The van der Waals surface area contributed by atoms with Crippen LogP contribution < -0.4 is 29.6 Å². The number of aromatic hydroxyl groups is 1. The summed E-state index contributed by atoms with van der Waals surface area (Å²) in [6.45, 7) is 0. The molecule has 0 atom stereocenters. The summed E-state index contributed by atoms with van der Waals surface area (Å²) >= 11 is 0. The van der Waals surface area contributed by atoms with Gasteiger partial charge in [-0.25, -0.2) is 0 Å². The first-order valence-electron chi connectivity index (χ1n) is 9.06. The third kappa shape index (κ3) is 3.52. The van der Waals surface area contributed by atoms with Gasteiger partial charge in [0.1, 0.15) is 5.76 Å². The highest BCUT2D eigenvalue weighted by Crippen LogP contribution is 2.39. The highest BCUT2D eigenvalue weighted by atomic mass is 16.5. The molecule has 0 spiro atoms. The molecule has 8 nitrogen and oxygen atoms in total. The second-order valence-corrected chi connectivity index (χ2v) is 6.69. The van der Waals surface area contributed by atoms with Crippen molar-refractivity contribution in [2.24, 2.45) is 0 Å². The summed E-state index contributed by atoms with van der Waals surface area (Å²) < 4.78 is 27.2. The predicted octanol–water partition coefficient (Wildman–Crippen LogP) is 2.19. The van der Waals surface area contributed by atoms with Crippen molar-refractivity contribution < 1.29 is 33.6 Å². The Bertz CT molecular complexity index is 1170. The van der Waals surface area contributed by atoms with Gasteiger partial charge in [-0.1, -0.05) is 0 Å². The molecule has 0 aliphatic rings. The fourth-order valence-corrected chi connectivity index (χ4v) is 3.24. The van der Waals surface area contributed by atoms with Gasteiger partial charge in [0.15, 0.2) is 28.2 Å². The van der Waals surface area contributed by atoms with Crippen molar-refractivity contribution in [3.8, 4) is 28.7 Å². The Labute approximate surface area is 173 Å². The summed E-state index contributed by atoms with van der Waals surface area (Å²) in [5.74, 6) is 1.25. The molecule has 0 aliphatic heterocycles. The SMILES string of the molecule is COc1cc(C(O)=c2c(=CN(C)C)oc3c(O)c(OC)ccc23)cc(OC)c1OC. The maximum atomic E-state index is 11.2. The number of benzene rings is 2. The molecule has 30 heavy (non-hydrogen) atoms. The van der Waals surface area contributed by atoms with Crippen molar-refractivity contribution in [1.29, 1.82) is 0 Å². The molecule has 0 saturated carbocycles. The zero-order valence-corrected chi connectivity index (χ0v) is 17.8. The molecule has 160 valence electrons. The first-order chi connectivity index (χ1) is 14.4. The first-order valence-corrected chi connectivity index (χ1v) is 9.06. The van der Waals surface area contributed by atoms with Crippen LogP contribution in [-0.4, -0.2) is 57.6 Å². The maximum Gasteiger partial charge on any atom is 0.203 e. The molecule has 2 aromatic carbocycles. The van der Waals surface area contributed by atoms with Crippen LogP contribution >= 0.6 is 0 Å². The van der Waals surface area contributed by atoms with Crippen LogP contribution in [0.4, 0.5) is 0 Å². The van der Waals surface area contributed by atoms with Crippen molar-refractivity contribution in [3.63, 3.8) is 0 Å². The zero-order valence-electron chi connectivity index (χ0n) is 17.8. The molecule has 0 radical (unpaired) electrons. The number of methoxy groups -OCH3 is 4. The summed E-state index contributed by atoms with van der Waals surface area (Å²) in [5, 5.41) is 22.7. The lowest BCUT2D eigenvalue weighted by Crippen LogP contribution is -2.26. The highest BCUT2D eigenvalue weighted by molar-refractivity contribution is 5.88. The van der Waals surface area contributed by atoms with Gasteiger partial charge in [0.2, 0.25) is 11.5 Å². The van der Waals surface area contributed by atoms with Crippen molar-refractivity contribution in [2.45, 2.75) is 0 Å². The Hall–Kier alpha value is -3.68. The molecule has 1 heterocycles. The van der Waals surface area contributed by atoms with E-state index in [1.807, 2.05) is 14.1 Å². The van der Waals surface area contributed by atoms with E-state index in [-0.39, 0.29) is 22.8 Å². The molecular formula is C22H25NO7. The van der Waals surface area contributed by atoms with Crippen molar-refractivity contribution in [2.75, 3.05) is 42.5 Å². The number of rotatable bonds is 6. The average Bonchev–Trinajstić information content (AvgIpc) is 3.10. The number of furan rings is 1. The van der Waals surface area contributed by atoms with Crippen molar-refractivity contribution >= 4 is 22.9 Å². The van der Waals surface area contributed by atoms with E-state index in [2.05, 4.69) is 0 Å². The third-order valence-electron chi connectivity index (χ3n) is 4.59. The predicted molar refractivity (Wildman–Crippen MR) is 113 cm³/mol. The molecule has 1 aromatic heterocycles. The van der Waals surface area contributed by atoms with Crippen LogP contribution in [0.25, 0.3) is 22.9 Å². The topological polar surface area (TPSA) is 93.8 Å². The largest absolute Gasteiger partial charge is 0.507 e. The van der Waals surface area contributed by atoms with E-state index in [9.17, 15) is 10.2 Å². The molecule has 0 saturated heterocycles. The van der Waals surface area contributed by atoms with Gasteiger partial charge < -0.3 is 38.5 Å². The van der Waals surface area contributed by atoms with Gasteiger partial charge in [-0.15, -0.1) is 0 Å². The van der Waals surface area contributed by atoms with E-state index in [4.69, 9.17) is 23.4 Å². The smallest absolute Gasteiger partial charge is 0.203 e. The number of aliphatic hydroxyl groups excluding tert-OH is 1. The standard InChI is InChI=1S/C22H25NO7/c1-23(2)11-17-18(13-7-8-14(26-3)20(25)21(13)30-17)19(24)12-9-15(27-4)22(29-6)16(10-12)28-5/h7-11,24-25H,1-6H3. The van der Waals surface area contributed by atoms with Crippen LogP contribution in [0.1, 0.15) is 5.56 Å². The Morgan fingerprint density at radius 1 is 0.933 bits per heavy atom.